The first-order valence-corrected chi connectivity index (χ1v) is 9.32. The summed E-state index contributed by atoms with van der Waals surface area (Å²) >= 11 is 3.34. The maximum atomic E-state index is 13.2. The molecule has 0 saturated heterocycles. The summed E-state index contributed by atoms with van der Waals surface area (Å²) in [5, 5.41) is 1.87. The molecular weight excluding hydrogens is 374 g/mol. The third-order valence-electron chi connectivity index (χ3n) is 3.89. The lowest BCUT2D eigenvalue weighted by Gasteiger charge is -2.09. The molecule has 0 bridgehead atoms. The second-order valence-electron chi connectivity index (χ2n) is 5.26. The van der Waals surface area contributed by atoms with Gasteiger partial charge in [0.05, 0.1) is 15.9 Å². The zero-order valence-corrected chi connectivity index (χ0v) is 14.4. The molecule has 0 fully saturated rings. The van der Waals surface area contributed by atoms with Crippen LogP contribution in [0.25, 0.3) is 21.8 Å². The summed E-state index contributed by atoms with van der Waals surface area (Å²) in [7, 11) is -3.67. The quantitative estimate of drug-likeness (QED) is 0.497. The van der Waals surface area contributed by atoms with Gasteiger partial charge in [-0.2, -0.15) is 0 Å². The van der Waals surface area contributed by atoms with Crippen molar-refractivity contribution in [3.8, 4) is 0 Å². The largest absolute Gasteiger partial charge is 0.268 e. The molecule has 4 rings (SSSR count). The Kier molecular flexibility index (Phi) is 3.28. The molecule has 23 heavy (non-hydrogen) atoms. The number of aromatic nitrogens is 1. The van der Waals surface area contributed by atoms with Crippen LogP contribution in [-0.4, -0.2) is 12.4 Å². The second kappa shape index (κ2) is 5.22. The van der Waals surface area contributed by atoms with Crippen LogP contribution >= 0.6 is 15.9 Å². The highest BCUT2D eigenvalue weighted by molar-refractivity contribution is 9.10. The molecule has 0 aliphatic carbocycles. The van der Waals surface area contributed by atoms with Crippen LogP contribution in [0.4, 0.5) is 0 Å². The molecule has 0 aliphatic rings. The molecule has 0 aliphatic heterocycles. The summed E-state index contributed by atoms with van der Waals surface area (Å²) in [5.74, 6) is 0. The number of hydrogen-bond acceptors (Lipinski definition) is 2. The summed E-state index contributed by atoms with van der Waals surface area (Å²) in [6.45, 7) is 0. The number of halogens is 1. The first kappa shape index (κ1) is 14.5. The van der Waals surface area contributed by atoms with Gasteiger partial charge in [-0.15, -0.1) is 0 Å². The lowest BCUT2D eigenvalue weighted by atomic mass is 10.2. The fraction of sp³-hybridized carbons (Fsp3) is 0. The van der Waals surface area contributed by atoms with E-state index in [-0.39, 0.29) is 4.90 Å². The number of fused-ring (bicyclic) bond motifs is 3. The summed E-state index contributed by atoms with van der Waals surface area (Å²) in [6.07, 6.45) is 0. The topological polar surface area (TPSA) is 39.1 Å². The van der Waals surface area contributed by atoms with Gasteiger partial charge in [-0.25, -0.2) is 12.4 Å². The van der Waals surface area contributed by atoms with Crippen LogP contribution in [0.1, 0.15) is 0 Å². The van der Waals surface area contributed by atoms with Crippen LogP contribution in [0, 0.1) is 0 Å². The minimum Gasteiger partial charge on any atom is -0.233 e. The predicted octanol–water partition coefficient (Wildman–Crippen LogP) is 4.79. The summed E-state index contributed by atoms with van der Waals surface area (Å²) in [6, 6.07) is 21.8. The van der Waals surface area contributed by atoms with Crippen LogP contribution in [0.5, 0.6) is 0 Å². The molecule has 0 spiro atoms. The normalized spacial score (nSPS) is 12.0. The van der Waals surface area contributed by atoms with Gasteiger partial charge in [0.1, 0.15) is 0 Å². The van der Waals surface area contributed by atoms with Crippen LogP contribution in [0.2, 0.25) is 0 Å². The monoisotopic (exact) mass is 385 g/mol. The van der Waals surface area contributed by atoms with E-state index in [2.05, 4.69) is 15.9 Å². The molecule has 1 heterocycles. The van der Waals surface area contributed by atoms with Gasteiger partial charge in [0.15, 0.2) is 0 Å². The van der Waals surface area contributed by atoms with Gasteiger partial charge < -0.3 is 0 Å². The van der Waals surface area contributed by atoms with Crippen LogP contribution < -0.4 is 0 Å². The second-order valence-corrected chi connectivity index (χ2v) is 7.96. The minimum absolute atomic E-state index is 0.271. The van der Waals surface area contributed by atoms with Crippen LogP contribution in [0.3, 0.4) is 0 Å². The number of para-hydroxylation sites is 2. The number of nitrogens with zero attached hydrogens (tertiary/aromatic N) is 1. The average Bonchev–Trinajstić information content (AvgIpc) is 2.90. The molecule has 0 radical (unpaired) electrons. The van der Waals surface area contributed by atoms with Gasteiger partial charge >= 0.3 is 0 Å². The van der Waals surface area contributed by atoms with Crippen molar-refractivity contribution >= 4 is 47.8 Å². The third kappa shape index (κ3) is 2.19. The molecule has 5 heteroatoms. The Morgan fingerprint density at radius 3 is 1.70 bits per heavy atom. The zero-order chi connectivity index (χ0) is 16.0. The van der Waals surface area contributed by atoms with Crippen molar-refractivity contribution in [1.82, 2.24) is 3.97 Å². The van der Waals surface area contributed by atoms with Crippen molar-refractivity contribution in [2.24, 2.45) is 0 Å². The summed E-state index contributed by atoms with van der Waals surface area (Å²) in [5.41, 5.74) is 1.38. The van der Waals surface area contributed by atoms with E-state index < -0.39 is 10.0 Å². The van der Waals surface area contributed by atoms with Crippen LogP contribution in [0.15, 0.2) is 82.2 Å². The van der Waals surface area contributed by atoms with E-state index in [1.165, 1.54) is 3.97 Å². The van der Waals surface area contributed by atoms with E-state index in [9.17, 15) is 8.42 Å². The Labute approximate surface area is 142 Å². The maximum absolute atomic E-state index is 13.2. The van der Waals surface area contributed by atoms with Crippen molar-refractivity contribution < 1.29 is 8.42 Å². The van der Waals surface area contributed by atoms with Crippen molar-refractivity contribution in [2.75, 3.05) is 0 Å². The van der Waals surface area contributed by atoms with Crippen LogP contribution in [-0.2, 0) is 10.0 Å². The standard InChI is InChI=1S/C18H12BrNO2S/c19-13-9-11-14(12-10-13)23(21,22)20-17-7-3-1-5-15(17)16-6-2-4-8-18(16)20/h1-12H. The third-order valence-corrected chi connectivity index (χ3v) is 6.16. The van der Waals surface area contributed by atoms with Gasteiger partial charge in [0.25, 0.3) is 10.0 Å². The minimum atomic E-state index is -3.67. The first-order valence-electron chi connectivity index (χ1n) is 7.08. The lowest BCUT2D eigenvalue weighted by Crippen LogP contribution is -2.12. The molecule has 3 nitrogen and oxygen atoms in total. The number of benzene rings is 3. The predicted molar refractivity (Wildman–Crippen MR) is 96.2 cm³/mol. The number of hydrogen-bond donors (Lipinski definition) is 0. The van der Waals surface area contributed by atoms with Gasteiger partial charge in [-0.05, 0) is 36.4 Å². The first-order chi connectivity index (χ1) is 11.1. The molecule has 3 aromatic carbocycles. The van der Waals surface area contributed by atoms with Crippen molar-refractivity contribution in [3.05, 3.63) is 77.3 Å². The molecular formula is C18H12BrNO2S. The number of rotatable bonds is 2. The van der Waals surface area contributed by atoms with E-state index in [4.69, 9.17) is 0 Å². The van der Waals surface area contributed by atoms with Crippen molar-refractivity contribution in [1.29, 1.82) is 0 Å². The Hall–Kier alpha value is -2.11. The molecule has 1 aromatic heterocycles. The molecule has 0 N–H and O–H groups in total. The van der Waals surface area contributed by atoms with E-state index in [0.717, 1.165) is 15.2 Å². The Morgan fingerprint density at radius 1 is 0.696 bits per heavy atom. The van der Waals surface area contributed by atoms with Crippen molar-refractivity contribution in [2.45, 2.75) is 4.90 Å². The average molecular weight is 386 g/mol. The molecule has 0 amide bonds. The molecule has 0 saturated carbocycles. The Morgan fingerprint density at radius 2 is 1.17 bits per heavy atom. The SMILES string of the molecule is O=S(=O)(c1ccc(Br)cc1)n1c2ccccc2c2ccccc21. The zero-order valence-electron chi connectivity index (χ0n) is 12.0. The van der Waals surface area contributed by atoms with E-state index in [1.54, 1.807) is 24.3 Å². The molecule has 4 aromatic rings. The van der Waals surface area contributed by atoms with Gasteiger partial charge in [0.2, 0.25) is 0 Å². The van der Waals surface area contributed by atoms with E-state index in [0.29, 0.717) is 11.0 Å². The Balaban J connectivity index is 2.13. The molecule has 0 unspecified atom stereocenters. The molecule has 114 valence electrons. The fourth-order valence-corrected chi connectivity index (χ4v) is 4.65. The highest BCUT2D eigenvalue weighted by atomic mass is 79.9. The fourth-order valence-electron chi connectivity index (χ4n) is 2.86. The van der Waals surface area contributed by atoms with Gasteiger partial charge in [-0.1, -0.05) is 52.3 Å². The maximum Gasteiger partial charge on any atom is 0.268 e. The summed E-state index contributed by atoms with van der Waals surface area (Å²) < 4.78 is 28.6. The van der Waals surface area contributed by atoms with Gasteiger partial charge in [0, 0.05) is 15.2 Å². The highest BCUT2D eigenvalue weighted by Crippen LogP contribution is 2.32. The van der Waals surface area contributed by atoms with E-state index in [1.807, 2.05) is 48.5 Å². The molecule has 0 atom stereocenters. The Bertz CT molecular complexity index is 1080. The smallest absolute Gasteiger partial charge is 0.233 e. The van der Waals surface area contributed by atoms with Crippen molar-refractivity contribution in [3.63, 3.8) is 0 Å². The van der Waals surface area contributed by atoms with E-state index >= 15 is 0 Å². The summed E-state index contributed by atoms with van der Waals surface area (Å²) in [4.78, 5) is 0.271. The lowest BCUT2D eigenvalue weighted by molar-refractivity contribution is 0.590. The highest BCUT2D eigenvalue weighted by Gasteiger charge is 2.22. The van der Waals surface area contributed by atoms with Gasteiger partial charge in [-0.3, -0.25) is 0 Å².